The Morgan fingerprint density at radius 3 is 2.70 bits per heavy atom. The minimum absolute atomic E-state index is 0.264. The van der Waals surface area contributed by atoms with Crippen LogP contribution in [-0.4, -0.2) is 10.9 Å². The van der Waals surface area contributed by atoms with Crippen LogP contribution >= 0.6 is 39.7 Å². The Balaban J connectivity index is 2.25. The zero-order valence-electron chi connectivity index (χ0n) is 10.2. The summed E-state index contributed by atoms with van der Waals surface area (Å²) >= 11 is 14.1. The van der Waals surface area contributed by atoms with E-state index in [1.165, 1.54) is 0 Å². The fourth-order valence-electron chi connectivity index (χ4n) is 1.62. The Bertz CT molecular complexity index is 691. The molecule has 102 valence electrons. The SMILES string of the molecule is NC(=S)c1cccc(NC(=O)c2cc(Cl)ccc2Br)c1. The largest absolute Gasteiger partial charge is 0.389 e. The van der Waals surface area contributed by atoms with Gasteiger partial charge in [-0.15, -0.1) is 0 Å². The summed E-state index contributed by atoms with van der Waals surface area (Å²) in [6, 6.07) is 12.1. The predicted molar refractivity (Wildman–Crippen MR) is 89.4 cm³/mol. The van der Waals surface area contributed by atoms with Crippen molar-refractivity contribution in [3.8, 4) is 0 Å². The molecule has 0 aliphatic carbocycles. The molecule has 20 heavy (non-hydrogen) atoms. The normalized spacial score (nSPS) is 10.1. The molecule has 2 aromatic carbocycles. The van der Waals surface area contributed by atoms with Crippen molar-refractivity contribution in [2.75, 3.05) is 5.32 Å². The van der Waals surface area contributed by atoms with Crippen LogP contribution in [0.1, 0.15) is 15.9 Å². The summed E-state index contributed by atoms with van der Waals surface area (Å²) in [6.07, 6.45) is 0. The number of anilines is 1. The molecule has 0 radical (unpaired) electrons. The fraction of sp³-hybridized carbons (Fsp3) is 0. The highest BCUT2D eigenvalue weighted by molar-refractivity contribution is 9.10. The molecule has 2 rings (SSSR count). The molecule has 6 heteroatoms. The lowest BCUT2D eigenvalue weighted by Crippen LogP contribution is -2.14. The molecule has 0 saturated carbocycles. The third kappa shape index (κ3) is 3.56. The number of hydrogen-bond acceptors (Lipinski definition) is 2. The molecule has 0 spiro atoms. The van der Waals surface area contributed by atoms with Gasteiger partial charge >= 0.3 is 0 Å². The third-order valence-electron chi connectivity index (χ3n) is 2.58. The Labute approximate surface area is 135 Å². The van der Waals surface area contributed by atoms with Crippen molar-refractivity contribution >= 4 is 56.3 Å². The minimum atomic E-state index is -0.264. The van der Waals surface area contributed by atoms with E-state index in [1.807, 2.05) is 0 Å². The Morgan fingerprint density at radius 1 is 1.25 bits per heavy atom. The molecule has 2 aromatic rings. The van der Waals surface area contributed by atoms with Crippen LogP contribution in [0.25, 0.3) is 0 Å². The number of benzene rings is 2. The van der Waals surface area contributed by atoms with Gasteiger partial charge in [-0.2, -0.15) is 0 Å². The number of rotatable bonds is 3. The molecule has 0 heterocycles. The van der Waals surface area contributed by atoms with Crippen molar-refractivity contribution in [3.63, 3.8) is 0 Å². The van der Waals surface area contributed by atoms with Gasteiger partial charge in [-0.25, -0.2) is 0 Å². The minimum Gasteiger partial charge on any atom is -0.389 e. The first-order chi connectivity index (χ1) is 9.47. The van der Waals surface area contributed by atoms with Crippen LogP contribution in [0.2, 0.25) is 5.02 Å². The molecule has 0 fully saturated rings. The molecule has 0 atom stereocenters. The van der Waals surface area contributed by atoms with Crippen LogP contribution < -0.4 is 11.1 Å². The van der Waals surface area contributed by atoms with Crippen molar-refractivity contribution in [2.24, 2.45) is 5.73 Å². The average molecular weight is 370 g/mol. The summed E-state index contributed by atoms with van der Waals surface area (Å²) in [7, 11) is 0. The summed E-state index contributed by atoms with van der Waals surface area (Å²) in [5.41, 5.74) is 7.33. The van der Waals surface area contributed by atoms with E-state index in [0.29, 0.717) is 26.3 Å². The zero-order chi connectivity index (χ0) is 14.7. The quantitative estimate of drug-likeness (QED) is 0.804. The number of carbonyl (C=O) groups excluding carboxylic acids is 1. The van der Waals surface area contributed by atoms with E-state index >= 15 is 0 Å². The van der Waals surface area contributed by atoms with E-state index in [9.17, 15) is 4.79 Å². The van der Waals surface area contributed by atoms with E-state index in [-0.39, 0.29) is 10.9 Å². The van der Waals surface area contributed by atoms with E-state index in [0.717, 1.165) is 0 Å². The highest BCUT2D eigenvalue weighted by Gasteiger charge is 2.11. The number of nitrogens with two attached hydrogens (primary N) is 1. The maximum absolute atomic E-state index is 12.2. The van der Waals surface area contributed by atoms with E-state index < -0.39 is 0 Å². The molecule has 0 unspecified atom stereocenters. The monoisotopic (exact) mass is 368 g/mol. The first-order valence-corrected chi connectivity index (χ1v) is 7.21. The van der Waals surface area contributed by atoms with Crippen LogP contribution in [-0.2, 0) is 0 Å². The molecule has 0 aliphatic heterocycles. The van der Waals surface area contributed by atoms with Gasteiger partial charge in [0.15, 0.2) is 0 Å². The highest BCUT2D eigenvalue weighted by Crippen LogP contribution is 2.22. The van der Waals surface area contributed by atoms with Gasteiger partial charge in [0.2, 0.25) is 0 Å². The molecule has 0 aliphatic rings. The smallest absolute Gasteiger partial charge is 0.256 e. The topological polar surface area (TPSA) is 55.1 Å². The maximum atomic E-state index is 12.2. The van der Waals surface area contributed by atoms with Gasteiger partial charge in [0.05, 0.1) is 5.56 Å². The second kappa shape index (κ2) is 6.35. The molecular formula is C14H10BrClN2OS. The molecule has 3 nitrogen and oxygen atoms in total. The lowest BCUT2D eigenvalue weighted by Gasteiger charge is -2.08. The number of amides is 1. The van der Waals surface area contributed by atoms with Crippen molar-refractivity contribution in [1.29, 1.82) is 0 Å². The summed E-state index contributed by atoms with van der Waals surface area (Å²) < 4.78 is 0.671. The number of halogens is 2. The lowest BCUT2D eigenvalue weighted by atomic mass is 10.1. The van der Waals surface area contributed by atoms with E-state index in [2.05, 4.69) is 21.2 Å². The van der Waals surface area contributed by atoms with Crippen molar-refractivity contribution < 1.29 is 4.79 Å². The van der Waals surface area contributed by atoms with Gasteiger partial charge in [-0.1, -0.05) is 36.0 Å². The fourth-order valence-corrected chi connectivity index (χ4v) is 2.35. The van der Waals surface area contributed by atoms with Gasteiger partial charge in [0, 0.05) is 20.7 Å². The predicted octanol–water partition coefficient (Wildman–Crippen LogP) is 3.99. The van der Waals surface area contributed by atoms with Crippen LogP contribution in [0.4, 0.5) is 5.69 Å². The zero-order valence-corrected chi connectivity index (χ0v) is 13.3. The number of nitrogens with one attached hydrogen (secondary N) is 1. The van der Waals surface area contributed by atoms with Crippen LogP contribution in [0, 0.1) is 0 Å². The third-order valence-corrected chi connectivity index (χ3v) is 3.74. The number of hydrogen-bond donors (Lipinski definition) is 2. The highest BCUT2D eigenvalue weighted by atomic mass is 79.9. The molecule has 0 saturated heterocycles. The van der Waals surface area contributed by atoms with E-state index in [1.54, 1.807) is 42.5 Å². The molecule has 0 bridgehead atoms. The Kier molecular flexibility index (Phi) is 4.75. The first-order valence-electron chi connectivity index (χ1n) is 5.63. The molecule has 1 amide bonds. The van der Waals surface area contributed by atoms with Gasteiger partial charge in [-0.05, 0) is 46.3 Å². The molecular weight excluding hydrogens is 360 g/mol. The number of carbonyl (C=O) groups is 1. The maximum Gasteiger partial charge on any atom is 0.256 e. The lowest BCUT2D eigenvalue weighted by molar-refractivity contribution is 0.102. The van der Waals surface area contributed by atoms with Crippen molar-refractivity contribution in [3.05, 3.63) is 63.1 Å². The summed E-state index contributed by atoms with van der Waals surface area (Å²) in [4.78, 5) is 12.5. The van der Waals surface area contributed by atoms with E-state index in [4.69, 9.17) is 29.6 Å². The summed E-state index contributed by atoms with van der Waals surface area (Å²) in [5.74, 6) is -0.264. The number of thiocarbonyl (C=S) groups is 1. The van der Waals surface area contributed by atoms with Crippen molar-refractivity contribution in [1.82, 2.24) is 0 Å². The van der Waals surface area contributed by atoms with Crippen molar-refractivity contribution in [2.45, 2.75) is 0 Å². The first kappa shape index (κ1) is 15.0. The Hall–Kier alpha value is -1.43. The van der Waals surface area contributed by atoms with Crippen LogP contribution in [0.15, 0.2) is 46.9 Å². The van der Waals surface area contributed by atoms with Crippen LogP contribution in [0.3, 0.4) is 0 Å². The van der Waals surface area contributed by atoms with Gasteiger partial charge in [0.1, 0.15) is 4.99 Å². The second-order valence-corrected chi connectivity index (χ2v) is 5.75. The average Bonchev–Trinajstić information content (AvgIpc) is 2.41. The molecule has 3 N–H and O–H groups in total. The standard InChI is InChI=1S/C14H10BrClN2OS/c15-12-5-4-9(16)7-11(12)14(19)18-10-3-1-2-8(6-10)13(17)20/h1-7H,(H2,17,20)(H,18,19). The molecule has 0 aromatic heterocycles. The summed E-state index contributed by atoms with van der Waals surface area (Å²) in [5, 5.41) is 3.27. The van der Waals surface area contributed by atoms with Gasteiger partial charge < -0.3 is 11.1 Å². The van der Waals surface area contributed by atoms with Crippen LogP contribution in [0.5, 0.6) is 0 Å². The Morgan fingerprint density at radius 2 is 2.00 bits per heavy atom. The summed E-state index contributed by atoms with van der Waals surface area (Å²) in [6.45, 7) is 0. The van der Waals surface area contributed by atoms with Gasteiger partial charge in [0.25, 0.3) is 5.91 Å². The van der Waals surface area contributed by atoms with Gasteiger partial charge in [-0.3, -0.25) is 4.79 Å². The second-order valence-electron chi connectivity index (χ2n) is 4.02.